The van der Waals surface area contributed by atoms with Gasteiger partial charge in [0.2, 0.25) is 0 Å². The molecular weight excluding hydrogens is 280 g/mol. The highest BCUT2D eigenvalue weighted by Crippen LogP contribution is 2.14. The maximum Gasteiger partial charge on any atom is 0.265 e. The smallest absolute Gasteiger partial charge is 0.265 e. The summed E-state index contributed by atoms with van der Waals surface area (Å²) in [5.74, 6) is -0.787. The molecule has 20 heavy (non-hydrogen) atoms. The summed E-state index contributed by atoms with van der Waals surface area (Å²) < 4.78 is 31.7. The van der Waals surface area contributed by atoms with Crippen LogP contribution < -0.4 is 4.72 Å². The highest BCUT2D eigenvalue weighted by atomic mass is 32.2. The highest BCUT2D eigenvalue weighted by molar-refractivity contribution is 7.90. The molecule has 1 N–H and O–H groups in total. The predicted octanol–water partition coefficient (Wildman–Crippen LogP) is 1.26. The molecule has 1 heterocycles. The zero-order chi connectivity index (χ0) is 15.3. The van der Waals surface area contributed by atoms with Crippen LogP contribution in [-0.2, 0) is 19.6 Å². The van der Waals surface area contributed by atoms with E-state index in [9.17, 15) is 13.2 Å². The summed E-state index contributed by atoms with van der Waals surface area (Å²) in [7, 11) is -3.93. The number of rotatable bonds is 6. The van der Waals surface area contributed by atoms with Crippen LogP contribution in [-0.4, -0.2) is 32.0 Å². The van der Waals surface area contributed by atoms with Gasteiger partial charge in [0.25, 0.3) is 15.9 Å². The molecule has 1 aromatic heterocycles. The van der Waals surface area contributed by atoms with Crippen molar-refractivity contribution in [1.29, 1.82) is 0 Å². The topological polar surface area (TPSA) is 85.4 Å². The van der Waals surface area contributed by atoms with Crippen molar-refractivity contribution in [2.24, 2.45) is 5.92 Å². The number of carbonyl (C=O) groups is 1. The largest absolute Gasteiger partial charge is 0.368 e. The van der Waals surface area contributed by atoms with Crippen LogP contribution >= 0.6 is 0 Å². The van der Waals surface area contributed by atoms with Crippen molar-refractivity contribution in [3.8, 4) is 0 Å². The van der Waals surface area contributed by atoms with Crippen LogP contribution in [0.25, 0.3) is 0 Å². The van der Waals surface area contributed by atoms with Gasteiger partial charge in [0.15, 0.2) is 0 Å². The number of hydrogen-bond donors (Lipinski definition) is 1. The van der Waals surface area contributed by atoms with Crippen LogP contribution in [0.2, 0.25) is 0 Å². The second-order valence-corrected chi connectivity index (χ2v) is 6.38. The van der Waals surface area contributed by atoms with E-state index < -0.39 is 22.0 Å². The van der Waals surface area contributed by atoms with Gasteiger partial charge in [0, 0.05) is 19.0 Å². The van der Waals surface area contributed by atoms with E-state index in [1.54, 1.807) is 33.8 Å². The second kappa shape index (κ2) is 6.81. The van der Waals surface area contributed by atoms with Gasteiger partial charge in [-0.25, -0.2) is 13.1 Å². The molecule has 0 bridgehead atoms. The summed E-state index contributed by atoms with van der Waals surface area (Å²) in [6.45, 7) is 7.32. The van der Waals surface area contributed by atoms with Gasteiger partial charge < -0.3 is 4.74 Å². The lowest BCUT2D eigenvalue weighted by Gasteiger charge is -2.20. The van der Waals surface area contributed by atoms with Crippen LogP contribution in [0.1, 0.15) is 26.3 Å². The molecule has 0 spiro atoms. The van der Waals surface area contributed by atoms with Crippen molar-refractivity contribution < 1.29 is 17.9 Å². The second-order valence-electron chi connectivity index (χ2n) is 4.73. The van der Waals surface area contributed by atoms with Crippen LogP contribution in [0.15, 0.2) is 23.4 Å². The summed E-state index contributed by atoms with van der Waals surface area (Å²) >= 11 is 0. The number of carbonyl (C=O) groups excluding carboxylic acids is 1. The molecule has 112 valence electrons. The molecule has 0 saturated heterocycles. The Morgan fingerprint density at radius 2 is 2.10 bits per heavy atom. The van der Waals surface area contributed by atoms with Crippen molar-refractivity contribution in [3.63, 3.8) is 0 Å². The zero-order valence-corrected chi connectivity index (χ0v) is 12.9. The van der Waals surface area contributed by atoms with Gasteiger partial charge in [-0.3, -0.25) is 9.78 Å². The van der Waals surface area contributed by atoms with Crippen LogP contribution in [0.4, 0.5) is 0 Å². The molecule has 1 rings (SSSR count). The molecule has 0 aliphatic carbocycles. The first kappa shape index (κ1) is 16.6. The number of nitrogens with zero attached hydrogens (tertiary/aromatic N) is 1. The minimum absolute atomic E-state index is 0.00708. The lowest BCUT2D eigenvalue weighted by molar-refractivity contribution is -0.133. The summed E-state index contributed by atoms with van der Waals surface area (Å²) in [5, 5.41) is 0. The number of aromatic nitrogens is 1. The molecule has 7 heteroatoms. The van der Waals surface area contributed by atoms with Crippen molar-refractivity contribution in [3.05, 3.63) is 24.0 Å². The normalized spacial score (nSPS) is 13.2. The Bertz CT molecular complexity index is 569. The van der Waals surface area contributed by atoms with Gasteiger partial charge in [-0.15, -0.1) is 0 Å². The van der Waals surface area contributed by atoms with Gasteiger partial charge in [0.1, 0.15) is 11.0 Å². The molecule has 0 fully saturated rings. The Kier molecular flexibility index (Phi) is 5.64. The Labute approximate surface area is 119 Å². The van der Waals surface area contributed by atoms with E-state index in [-0.39, 0.29) is 10.8 Å². The molecule has 0 radical (unpaired) electrons. The maximum absolute atomic E-state index is 12.2. The van der Waals surface area contributed by atoms with Gasteiger partial charge in [-0.2, -0.15) is 0 Å². The molecule has 0 aliphatic rings. The maximum atomic E-state index is 12.2. The third kappa shape index (κ3) is 4.01. The van der Waals surface area contributed by atoms with E-state index in [2.05, 4.69) is 4.98 Å². The molecule has 1 unspecified atom stereocenters. The Hall–Kier alpha value is -1.47. The molecule has 1 aromatic rings. The summed E-state index contributed by atoms with van der Waals surface area (Å²) in [4.78, 5) is 15.8. The van der Waals surface area contributed by atoms with Crippen LogP contribution in [0.3, 0.4) is 0 Å². The number of hydrogen-bond acceptors (Lipinski definition) is 5. The van der Waals surface area contributed by atoms with E-state index in [0.717, 1.165) is 0 Å². The fourth-order valence-corrected chi connectivity index (χ4v) is 2.91. The Morgan fingerprint density at radius 3 is 2.60 bits per heavy atom. The first-order chi connectivity index (χ1) is 9.29. The number of pyridine rings is 1. The van der Waals surface area contributed by atoms with Gasteiger partial charge in [0.05, 0.1) is 0 Å². The molecule has 1 atom stereocenters. The number of sulfonamides is 1. The van der Waals surface area contributed by atoms with Crippen molar-refractivity contribution in [1.82, 2.24) is 9.71 Å². The quantitative estimate of drug-likeness (QED) is 0.854. The van der Waals surface area contributed by atoms with E-state index in [4.69, 9.17) is 4.74 Å². The summed E-state index contributed by atoms with van der Waals surface area (Å²) in [6, 6.07) is 1.57. The fraction of sp³-hybridized carbons (Fsp3) is 0.538. The first-order valence-electron chi connectivity index (χ1n) is 6.38. The van der Waals surface area contributed by atoms with Crippen molar-refractivity contribution >= 4 is 15.9 Å². The fourth-order valence-electron chi connectivity index (χ4n) is 1.73. The van der Waals surface area contributed by atoms with Crippen LogP contribution in [0, 0.1) is 12.8 Å². The van der Waals surface area contributed by atoms with E-state index in [1.807, 2.05) is 4.72 Å². The predicted molar refractivity (Wildman–Crippen MR) is 74.6 cm³/mol. The first-order valence-corrected chi connectivity index (χ1v) is 7.86. The lowest BCUT2D eigenvalue weighted by Crippen LogP contribution is -2.42. The van der Waals surface area contributed by atoms with Gasteiger partial charge >= 0.3 is 0 Å². The van der Waals surface area contributed by atoms with Gasteiger partial charge in [-0.05, 0) is 31.4 Å². The Morgan fingerprint density at radius 1 is 1.45 bits per heavy atom. The Balaban J connectivity index is 2.96. The summed E-state index contributed by atoms with van der Waals surface area (Å²) in [6.07, 6.45) is 1.91. The van der Waals surface area contributed by atoms with Crippen molar-refractivity contribution in [2.45, 2.75) is 38.7 Å². The van der Waals surface area contributed by atoms with Gasteiger partial charge in [-0.1, -0.05) is 13.8 Å². The molecule has 0 aliphatic heterocycles. The average molecular weight is 300 g/mol. The number of ether oxygens (including phenoxy) is 1. The zero-order valence-electron chi connectivity index (χ0n) is 12.1. The SMILES string of the molecule is CCOC(C(=O)NS(=O)(=O)c1cnccc1C)C(C)C. The van der Waals surface area contributed by atoms with Crippen molar-refractivity contribution in [2.75, 3.05) is 6.61 Å². The third-order valence-corrected chi connectivity index (χ3v) is 4.20. The minimum Gasteiger partial charge on any atom is -0.368 e. The number of aryl methyl sites for hydroxylation is 1. The van der Waals surface area contributed by atoms with Crippen LogP contribution in [0.5, 0.6) is 0 Å². The number of nitrogens with one attached hydrogen (secondary N) is 1. The standard InChI is InChI=1S/C13H20N2O4S/c1-5-19-12(9(2)3)13(16)15-20(17,18)11-8-14-7-6-10(11)4/h6-9,12H,5H2,1-4H3,(H,15,16). The molecule has 0 saturated carbocycles. The molecule has 0 aromatic carbocycles. The monoisotopic (exact) mass is 300 g/mol. The number of amides is 1. The van der Waals surface area contributed by atoms with E-state index in [1.165, 1.54) is 12.4 Å². The molecular formula is C13H20N2O4S. The molecule has 6 nitrogen and oxygen atoms in total. The van der Waals surface area contributed by atoms with E-state index in [0.29, 0.717) is 12.2 Å². The lowest BCUT2D eigenvalue weighted by atomic mass is 10.1. The average Bonchev–Trinajstić information content (AvgIpc) is 2.35. The highest BCUT2D eigenvalue weighted by Gasteiger charge is 2.28. The molecule has 1 amide bonds. The summed E-state index contributed by atoms with van der Waals surface area (Å²) in [5.41, 5.74) is 0.526. The minimum atomic E-state index is -3.93. The third-order valence-electron chi connectivity index (χ3n) is 2.73. The van der Waals surface area contributed by atoms with E-state index >= 15 is 0 Å².